The Bertz CT molecular complexity index is 727. The van der Waals surface area contributed by atoms with Crippen molar-refractivity contribution in [2.45, 2.75) is 19.9 Å². The topological polar surface area (TPSA) is 50.8 Å². The molecule has 0 saturated carbocycles. The molecular formula is C21H26N2O3. The highest BCUT2D eigenvalue weighted by atomic mass is 16.5. The Kier molecular flexibility index (Phi) is 6.63. The summed E-state index contributed by atoms with van der Waals surface area (Å²) in [4.78, 5) is 15.0. The minimum absolute atomic E-state index is 0.124. The van der Waals surface area contributed by atoms with E-state index in [4.69, 9.17) is 9.47 Å². The number of hydrogen-bond donors (Lipinski definition) is 1. The third-order valence-electron chi connectivity index (χ3n) is 4.33. The average Bonchev–Trinajstić information content (AvgIpc) is 2.69. The molecule has 2 aromatic carbocycles. The van der Waals surface area contributed by atoms with E-state index in [-0.39, 0.29) is 5.91 Å². The molecule has 1 aliphatic heterocycles. The highest BCUT2D eigenvalue weighted by Gasteiger charge is 2.14. The van der Waals surface area contributed by atoms with Gasteiger partial charge in [0.2, 0.25) is 0 Å². The summed E-state index contributed by atoms with van der Waals surface area (Å²) in [5.74, 6) is 0.600. The number of anilines is 1. The van der Waals surface area contributed by atoms with E-state index >= 15 is 0 Å². The average molecular weight is 354 g/mol. The van der Waals surface area contributed by atoms with Crippen molar-refractivity contribution in [1.82, 2.24) is 4.90 Å². The van der Waals surface area contributed by atoms with Gasteiger partial charge in [-0.3, -0.25) is 9.69 Å². The van der Waals surface area contributed by atoms with Crippen LogP contribution >= 0.6 is 0 Å². The SMILES string of the molecule is CCCOc1cccc(C(=O)Nc2ccccc2CN2CCOCC2)c1. The highest BCUT2D eigenvalue weighted by molar-refractivity contribution is 6.04. The summed E-state index contributed by atoms with van der Waals surface area (Å²) in [5, 5.41) is 3.05. The quantitative estimate of drug-likeness (QED) is 0.826. The molecule has 0 atom stereocenters. The number of amides is 1. The minimum atomic E-state index is -0.124. The van der Waals surface area contributed by atoms with Crippen LogP contribution in [0.2, 0.25) is 0 Å². The van der Waals surface area contributed by atoms with Crippen molar-refractivity contribution >= 4 is 11.6 Å². The molecule has 3 rings (SSSR count). The third kappa shape index (κ3) is 5.07. The summed E-state index contributed by atoms with van der Waals surface area (Å²) in [7, 11) is 0. The number of nitrogens with zero attached hydrogens (tertiary/aromatic N) is 1. The molecule has 2 aromatic rings. The smallest absolute Gasteiger partial charge is 0.255 e. The first-order valence-electron chi connectivity index (χ1n) is 9.18. The Hall–Kier alpha value is -2.37. The second kappa shape index (κ2) is 9.36. The van der Waals surface area contributed by atoms with Crippen LogP contribution in [0.4, 0.5) is 5.69 Å². The zero-order valence-electron chi connectivity index (χ0n) is 15.2. The second-order valence-corrected chi connectivity index (χ2v) is 6.38. The largest absolute Gasteiger partial charge is 0.494 e. The lowest BCUT2D eigenvalue weighted by Gasteiger charge is -2.27. The highest BCUT2D eigenvalue weighted by Crippen LogP contribution is 2.20. The summed E-state index contributed by atoms with van der Waals surface area (Å²) >= 11 is 0. The first kappa shape index (κ1) is 18.4. The molecule has 1 aliphatic rings. The predicted molar refractivity (Wildman–Crippen MR) is 103 cm³/mol. The van der Waals surface area contributed by atoms with Crippen molar-refractivity contribution in [3.05, 3.63) is 59.7 Å². The summed E-state index contributed by atoms with van der Waals surface area (Å²) in [6, 6.07) is 15.3. The van der Waals surface area contributed by atoms with Crippen molar-refractivity contribution in [2.75, 3.05) is 38.2 Å². The Morgan fingerprint density at radius 2 is 1.96 bits per heavy atom. The molecule has 1 saturated heterocycles. The standard InChI is InChI=1S/C21H26N2O3/c1-2-12-26-19-8-5-7-17(15-19)21(24)22-20-9-4-3-6-18(20)16-23-10-13-25-14-11-23/h3-9,15H,2,10-14,16H2,1H3,(H,22,24). The Morgan fingerprint density at radius 1 is 1.15 bits per heavy atom. The number of carbonyl (C=O) groups excluding carboxylic acids is 1. The van der Waals surface area contributed by atoms with Gasteiger partial charge in [-0.25, -0.2) is 0 Å². The summed E-state index contributed by atoms with van der Waals surface area (Å²) in [6.45, 7) is 6.87. The number of benzene rings is 2. The fourth-order valence-electron chi connectivity index (χ4n) is 2.92. The van der Waals surface area contributed by atoms with Crippen LogP contribution in [-0.2, 0) is 11.3 Å². The number of ether oxygens (including phenoxy) is 2. The van der Waals surface area contributed by atoms with Gasteiger partial charge in [-0.15, -0.1) is 0 Å². The van der Waals surface area contributed by atoms with E-state index in [0.717, 1.165) is 56.3 Å². The molecule has 1 N–H and O–H groups in total. The fourth-order valence-corrected chi connectivity index (χ4v) is 2.92. The van der Waals surface area contributed by atoms with Crippen LogP contribution in [-0.4, -0.2) is 43.7 Å². The monoisotopic (exact) mass is 354 g/mol. The Balaban J connectivity index is 1.69. The number of carbonyl (C=O) groups is 1. The predicted octanol–water partition coefficient (Wildman–Crippen LogP) is 3.56. The molecule has 138 valence electrons. The molecule has 0 aliphatic carbocycles. The van der Waals surface area contributed by atoms with E-state index in [2.05, 4.69) is 23.2 Å². The maximum atomic E-state index is 12.7. The molecule has 0 radical (unpaired) electrons. The van der Waals surface area contributed by atoms with Gasteiger partial charge in [-0.05, 0) is 36.2 Å². The van der Waals surface area contributed by atoms with Gasteiger partial charge in [0.05, 0.1) is 19.8 Å². The Morgan fingerprint density at radius 3 is 2.77 bits per heavy atom. The first-order chi connectivity index (χ1) is 12.8. The van der Waals surface area contributed by atoms with Crippen molar-refractivity contribution in [3.8, 4) is 5.75 Å². The molecule has 0 aromatic heterocycles. The van der Waals surface area contributed by atoms with Gasteiger partial charge < -0.3 is 14.8 Å². The number of rotatable bonds is 7. The number of para-hydroxylation sites is 1. The summed E-state index contributed by atoms with van der Waals surface area (Å²) in [6.07, 6.45) is 0.936. The van der Waals surface area contributed by atoms with E-state index < -0.39 is 0 Å². The van der Waals surface area contributed by atoms with Crippen LogP contribution in [0.5, 0.6) is 5.75 Å². The van der Waals surface area contributed by atoms with Crippen molar-refractivity contribution < 1.29 is 14.3 Å². The molecule has 0 bridgehead atoms. The van der Waals surface area contributed by atoms with E-state index in [9.17, 15) is 4.79 Å². The number of nitrogens with one attached hydrogen (secondary N) is 1. The third-order valence-corrected chi connectivity index (χ3v) is 4.33. The minimum Gasteiger partial charge on any atom is -0.494 e. The zero-order valence-corrected chi connectivity index (χ0v) is 15.2. The molecule has 1 heterocycles. The van der Waals surface area contributed by atoms with Crippen LogP contribution in [0, 0.1) is 0 Å². The van der Waals surface area contributed by atoms with E-state index in [1.165, 1.54) is 0 Å². The number of morpholine rings is 1. The second-order valence-electron chi connectivity index (χ2n) is 6.38. The van der Waals surface area contributed by atoms with Gasteiger partial charge in [0.1, 0.15) is 5.75 Å². The summed E-state index contributed by atoms with van der Waals surface area (Å²) in [5.41, 5.74) is 2.56. The van der Waals surface area contributed by atoms with Crippen LogP contribution in [0.15, 0.2) is 48.5 Å². The maximum Gasteiger partial charge on any atom is 0.255 e. The molecule has 5 heteroatoms. The van der Waals surface area contributed by atoms with Gasteiger partial charge in [-0.1, -0.05) is 31.2 Å². The fraction of sp³-hybridized carbons (Fsp3) is 0.381. The molecule has 5 nitrogen and oxygen atoms in total. The molecular weight excluding hydrogens is 328 g/mol. The Labute approximate surface area is 154 Å². The van der Waals surface area contributed by atoms with Gasteiger partial charge in [0.25, 0.3) is 5.91 Å². The number of hydrogen-bond acceptors (Lipinski definition) is 4. The van der Waals surface area contributed by atoms with Crippen molar-refractivity contribution in [3.63, 3.8) is 0 Å². The lowest BCUT2D eigenvalue weighted by atomic mass is 10.1. The van der Waals surface area contributed by atoms with Crippen LogP contribution < -0.4 is 10.1 Å². The van der Waals surface area contributed by atoms with E-state index in [1.807, 2.05) is 30.3 Å². The van der Waals surface area contributed by atoms with Gasteiger partial charge in [-0.2, -0.15) is 0 Å². The van der Waals surface area contributed by atoms with Gasteiger partial charge in [0.15, 0.2) is 0 Å². The van der Waals surface area contributed by atoms with Crippen molar-refractivity contribution in [2.24, 2.45) is 0 Å². The zero-order chi connectivity index (χ0) is 18.2. The van der Waals surface area contributed by atoms with Gasteiger partial charge >= 0.3 is 0 Å². The summed E-state index contributed by atoms with van der Waals surface area (Å²) < 4.78 is 11.0. The molecule has 0 unspecified atom stereocenters. The van der Waals surface area contributed by atoms with Gasteiger partial charge in [0, 0.05) is 30.9 Å². The van der Waals surface area contributed by atoms with Crippen LogP contribution in [0.1, 0.15) is 29.3 Å². The van der Waals surface area contributed by atoms with E-state index in [1.54, 1.807) is 12.1 Å². The normalized spacial score (nSPS) is 14.8. The lowest BCUT2D eigenvalue weighted by molar-refractivity contribution is 0.0342. The van der Waals surface area contributed by atoms with Crippen molar-refractivity contribution in [1.29, 1.82) is 0 Å². The van der Waals surface area contributed by atoms with Crippen LogP contribution in [0.3, 0.4) is 0 Å². The maximum absolute atomic E-state index is 12.7. The molecule has 26 heavy (non-hydrogen) atoms. The van der Waals surface area contributed by atoms with E-state index in [0.29, 0.717) is 12.2 Å². The molecule has 0 spiro atoms. The van der Waals surface area contributed by atoms with Crippen LogP contribution in [0.25, 0.3) is 0 Å². The molecule has 1 amide bonds. The lowest BCUT2D eigenvalue weighted by Crippen LogP contribution is -2.35. The first-order valence-corrected chi connectivity index (χ1v) is 9.18. The molecule has 1 fully saturated rings.